The summed E-state index contributed by atoms with van der Waals surface area (Å²) >= 11 is 0. The third-order valence-corrected chi connectivity index (χ3v) is 5.02. The summed E-state index contributed by atoms with van der Waals surface area (Å²) in [5.41, 5.74) is 1.00. The fourth-order valence-electron chi connectivity index (χ4n) is 3.60. The van der Waals surface area contributed by atoms with Crippen molar-refractivity contribution in [3.8, 4) is 16.9 Å². The van der Waals surface area contributed by atoms with Gasteiger partial charge in [0.05, 0.1) is 12.7 Å². The first-order valence-corrected chi connectivity index (χ1v) is 10.4. The lowest BCUT2D eigenvalue weighted by atomic mass is 9.99. The van der Waals surface area contributed by atoms with Gasteiger partial charge in [-0.3, -0.25) is 9.59 Å². The summed E-state index contributed by atoms with van der Waals surface area (Å²) in [6, 6.07) is 9.96. The molecule has 32 heavy (non-hydrogen) atoms. The van der Waals surface area contributed by atoms with Gasteiger partial charge < -0.3 is 15.0 Å². The van der Waals surface area contributed by atoms with Crippen LogP contribution in [0.3, 0.4) is 0 Å². The second kappa shape index (κ2) is 10.5. The number of ether oxygens (including phenoxy) is 1. The minimum atomic E-state index is -4.43. The summed E-state index contributed by atoms with van der Waals surface area (Å²) in [4.78, 5) is 26.3. The molecule has 0 unspecified atom stereocenters. The molecule has 0 fully saturated rings. The van der Waals surface area contributed by atoms with Crippen LogP contribution < -0.4 is 10.1 Å². The molecule has 0 saturated heterocycles. The van der Waals surface area contributed by atoms with E-state index in [1.54, 1.807) is 24.3 Å². The Bertz CT molecular complexity index is 948. The van der Waals surface area contributed by atoms with E-state index in [1.807, 2.05) is 27.7 Å². The molecule has 8 heteroatoms. The summed E-state index contributed by atoms with van der Waals surface area (Å²) in [5, 5.41) is 2.63. The minimum absolute atomic E-state index is 0.113. The SMILES string of the molecule is COc1ccc(-c2cccc(C(F)(F)F)c2)cc1CCNC(=O)C(=O)N(C(C)C)C(C)C. The Morgan fingerprint density at radius 3 is 2.19 bits per heavy atom. The molecule has 0 saturated carbocycles. The molecule has 0 radical (unpaired) electrons. The van der Waals surface area contributed by atoms with Crippen LogP contribution in [0.15, 0.2) is 42.5 Å². The number of benzene rings is 2. The third-order valence-electron chi connectivity index (χ3n) is 5.02. The number of methoxy groups -OCH3 is 1. The highest BCUT2D eigenvalue weighted by molar-refractivity contribution is 6.35. The van der Waals surface area contributed by atoms with Gasteiger partial charge in [0.1, 0.15) is 5.75 Å². The zero-order chi connectivity index (χ0) is 24.1. The van der Waals surface area contributed by atoms with E-state index in [-0.39, 0.29) is 18.6 Å². The Hall–Kier alpha value is -3.03. The fraction of sp³-hybridized carbons (Fsp3) is 0.417. The number of amides is 2. The lowest BCUT2D eigenvalue weighted by molar-refractivity contribution is -0.148. The van der Waals surface area contributed by atoms with Crippen molar-refractivity contribution in [2.45, 2.75) is 52.4 Å². The molecule has 0 aromatic heterocycles. The van der Waals surface area contributed by atoms with Gasteiger partial charge >= 0.3 is 18.0 Å². The van der Waals surface area contributed by atoms with E-state index in [2.05, 4.69) is 5.32 Å². The summed E-state index contributed by atoms with van der Waals surface area (Å²) in [6.07, 6.45) is -4.08. The Balaban J connectivity index is 2.16. The highest BCUT2D eigenvalue weighted by Gasteiger charge is 2.30. The van der Waals surface area contributed by atoms with Crippen molar-refractivity contribution in [2.75, 3.05) is 13.7 Å². The maximum absolute atomic E-state index is 13.1. The number of hydrogen-bond acceptors (Lipinski definition) is 3. The average Bonchev–Trinajstić information content (AvgIpc) is 2.72. The number of halogens is 3. The Morgan fingerprint density at radius 1 is 1.00 bits per heavy atom. The fourth-order valence-corrected chi connectivity index (χ4v) is 3.60. The van der Waals surface area contributed by atoms with E-state index in [9.17, 15) is 22.8 Å². The predicted molar refractivity (Wildman–Crippen MR) is 117 cm³/mol. The molecule has 0 bridgehead atoms. The summed E-state index contributed by atoms with van der Waals surface area (Å²) in [5.74, 6) is -0.743. The van der Waals surface area contributed by atoms with Crippen LogP contribution in [-0.4, -0.2) is 42.5 Å². The Kier molecular flexibility index (Phi) is 8.30. The molecule has 174 valence electrons. The maximum atomic E-state index is 13.1. The first-order valence-electron chi connectivity index (χ1n) is 10.4. The van der Waals surface area contributed by atoms with Crippen molar-refractivity contribution in [1.82, 2.24) is 10.2 Å². The highest BCUT2D eigenvalue weighted by atomic mass is 19.4. The molecule has 0 spiro atoms. The number of carbonyl (C=O) groups is 2. The molecule has 2 rings (SSSR count). The average molecular weight is 451 g/mol. The lowest BCUT2D eigenvalue weighted by Gasteiger charge is -2.30. The minimum Gasteiger partial charge on any atom is -0.496 e. The highest BCUT2D eigenvalue weighted by Crippen LogP contribution is 2.33. The van der Waals surface area contributed by atoms with Crippen LogP contribution in [-0.2, 0) is 22.2 Å². The van der Waals surface area contributed by atoms with E-state index in [4.69, 9.17) is 4.74 Å². The van der Waals surface area contributed by atoms with Gasteiger partial charge in [-0.05, 0) is 75.1 Å². The van der Waals surface area contributed by atoms with Crippen LogP contribution in [0.4, 0.5) is 13.2 Å². The molecule has 0 heterocycles. The van der Waals surface area contributed by atoms with E-state index < -0.39 is 23.6 Å². The van der Waals surface area contributed by atoms with E-state index in [0.29, 0.717) is 28.9 Å². The molecule has 0 aliphatic rings. The van der Waals surface area contributed by atoms with Crippen LogP contribution in [0.25, 0.3) is 11.1 Å². The lowest BCUT2D eigenvalue weighted by Crippen LogP contribution is -2.49. The third kappa shape index (κ3) is 6.24. The maximum Gasteiger partial charge on any atom is 0.416 e. The van der Waals surface area contributed by atoms with Crippen LogP contribution >= 0.6 is 0 Å². The first kappa shape index (κ1) is 25.2. The predicted octanol–water partition coefficient (Wildman–Crippen LogP) is 4.69. The second-order valence-electron chi connectivity index (χ2n) is 8.01. The molecule has 0 atom stereocenters. The Morgan fingerprint density at radius 2 is 1.62 bits per heavy atom. The normalized spacial score (nSPS) is 11.6. The van der Waals surface area contributed by atoms with Gasteiger partial charge in [-0.2, -0.15) is 13.2 Å². The van der Waals surface area contributed by atoms with Crippen LogP contribution in [0, 0.1) is 0 Å². The largest absolute Gasteiger partial charge is 0.496 e. The van der Waals surface area contributed by atoms with Gasteiger partial charge in [0.25, 0.3) is 0 Å². The smallest absolute Gasteiger partial charge is 0.416 e. The number of nitrogens with one attached hydrogen (secondary N) is 1. The molecule has 0 aliphatic heterocycles. The van der Waals surface area contributed by atoms with Crippen LogP contribution in [0.1, 0.15) is 38.8 Å². The summed E-state index contributed by atoms with van der Waals surface area (Å²) in [6.45, 7) is 7.55. The first-order chi connectivity index (χ1) is 15.0. The molecular formula is C24H29F3N2O3. The number of carbonyl (C=O) groups excluding carboxylic acids is 2. The number of rotatable bonds is 7. The zero-order valence-electron chi connectivity index (χ0n) is 18.9. The molecular weight excluding hydrogens is 421 g/mol. The van der Waals surface area contributed by atoms with E-state index in [0.717, 1.165) is 12.1 Å². The van der Waals surface area contributed by atoms with Crippen molar-refractivity contribution in [1.29, 1.82) is 0 Å². The monoisotopic (exact) mass is 450 g/mol. The molecule has 2 aromatic rings. The molecule has 1 N–H and O–H groups in total. The number of alkyl halides is 3. The number of hydrogen-bond donors (Lipinski definition) is 1. The van der Waals surface area contributed by atoms with Crippen molar-refractivity contribution >= 4 is 11.8 Å². The molecule has 5 nitrogen and oxygen atoms in total. The van der Waals surface area contributed by atoms with Crippen molar-refractivity contribution in [2.24, 2.45) is 0 Å². The standard InChI is InChI=1S/C24H29F3N2O3/c1-15(2)29(16(3)4)23(31)22(30)28-12-11-19-13-18(9-10-21(19)32-5)17-7-6-8-20(14-17)24(25,26)27/h6-10,13-16H,11-12H2,1-5H3,(H,28,30). The van der Waals surface area contributed by atoms with Crippen LogP contribution in [0.2, 0.25) is 0 Å². The van der Waals surface area contributed by atoms with Gasteiger partial charge in [-0.25, -0.2) is 0 Å². The molecule has 2 aromatic carbocycles. The van der Waals surface area contributed by atoms with Gasteiger partial charge in [0, 0.05) is 18.6 Å². The topological polar surface area (TPSA) is 58.6 Å². The van der Waals surface area contributed by atoms with Gasteiger partial charge in [0.2, 0.25) is 0 Å². The van der Waals surface area contributed by atoms with E-state index >= 15 is 0 Å². The Labute approximate surface area is 186 Å². The molecule has 2 amide bonds. The summed E-state index contributed by atoms with van der Waals surface area (Å²) < 4.78 is 44.5. The number of nitrogens with zero attached hydrogens (tertiary/aromatic N) is 1. The molecule has 0 aliphatic carbocycles. The second-order valence-corrected chi connectivity index (χ2v) is 8.01. The van der Waals surface area contributed by atoms with Gasteiger partial charge in [0.15, 0.2) is 0 Å². The van der Waals surface area contributed by atoms with Crippen LogP contribution in [0.5, 0.6) is 5.75 Å². The van der Waals surface area contributed by atoms with Gasteiger partial charge in [-0.15, -0.1) is 0 Å². The van der Waals surface area contributed by atoms with Crippen molar-refractivity contribution < 1.29 is 27.5 Å². The zero-order valence-corrected chi connectivity index (χ0v) is 18.9. The van der Waals surface area contributed by atoms with E-state index in [1.165, 1.54) is 18.1 Å². The van der Waals surface area contributed by atoms with Crippen molar-refractivity contribution in [3.05, 3.63) is 53.6 Å². The summed E-state index contributed by atoms with van der Waals surface area (Å²) in [7, 11) is 1.49. The van der Waals surface area contributed by atoms with Crippen molar-refractivity contribution in [3.63, 3.8) is 0 Å². The van der Waals surface area contributed by atoms with Gasteiger partial charge in [-0.1, -0.05) is 18.2 Å². The quantitative estimate of drug-likeness (QED) is 0.623.